The van der Waals surface area contributed by atoms with E-state index in [9.17, 15) is 0 Å². The first-order valence-electron chi connectivity index (χ1n) is 28.9. The van der Waals surface area contributed by atoms with Gasteiger partial charge in [0.15, 0.2) is 11.2 Å². The molecule has 15 rings (SSSR count). The number of rotatable bonds is 12. The van der Waals surface area contributed by atoms with Gasteiger partial charge in [0.25, 0.3) is 0 Å². The van der Waals surface area contributed by atoms with Gasteiger partial charge in [-0.25, -0.2) is 9.97 Å². The molecule has 0 saturated carbocycles. The Kier molecular flexibility index (Phi) is 11.1. The van der Waals surface area contributed by atoms with Crippen LogP contribution in [-0.2, 0) is 16.2 Å². The standard InChI is InChI=1S/C75H62N4O2/c1-7-74(8-2)61-21-13-11-19-55(61)59-41-37-53(45-65(59)74)78(49-31-27-47(28-32-49)71-76-67-23-15-17-25-69(67)80-71)51-35-39-57-58-40-36-52(44-64(58)73(5,6)63(57)43-51)79(50-33-29-48(30-34-50)72-77-68-24-16-18-26-70(68)81-72)54-38-42-60-56-20-12-14-22-62(56)75(9-3,10-4)66(60)46-54/h11-46H,7-10H2,1-6H3. The molecular formula is C75H62N4O2. The first-order valence-corrected chi connectivity index (χ1v) is 28.9. The lowest BCUT2D eigenvalue weighted by Gasteiger charge is -2.32. The van der Waals surface area contributed by atoms with Gasteiger partial charge in [-0.1, -0.05) is 139 Å². The van der Waals surface area contributed by atoms with Crippen LogP contribution in [0.2, 0.25) is 0 Å². The normalized spacial score (nSPS) is 14.5. The van der Waals surface area contributed by atoms with Gasteiger partial charge in [0, 0.05) is 61.5 Å². The highest BCUT2D eigenvalue weighted by Crippen LogP contribution is 2.58. The van der Waals surface area contributed by atoms with Crippen molar-refractivity contribution in [2.45, 2.75) is 83.5 Å². The zero-order valence-corrected chi connectivity index (χ0v) is 46.7. The lowest BCUT2D eigenvalue weighted by Crippen LogP contribution is -2.23. The third-order valence-electron chi connectivity index (χ3n) is 18.9. The fourth-order valence-corrected chi connectivity index (χ4v) is 14.6. The Morgan fingerprint density at radius 1 is 0.321 bits per heavy atom. The molecule has 2 heterocycles. The molecule has 0 amide bonds. The molecule has 0 atom stereocenters. The Morgan fingerprint density at radius 3 is 1.00 bits per heavy atom. The Labute approximate surface area is 474 Å². The largest absolute Gasteiger partial charge is 0.436 e. The quantitative estimate of drug-likeness (QED) is 0.122. The zero-order chi connectivity index (χ0) is 54.8. The summed E-state index contributed by atoms with van der Waals surface area (Å²) in [7, 11) is 0. The van der Waals surface area contributed by atoms with Gasteiger partial charge in [0.1, 0.15) is 11.0 Å². The summed E-state index contributed by atoms with van der Waals surface area (Å²) >= 11 is 0. The number of oxazole rings is 2. The molecular weight excluding hydrogens is 989 g/mol. The minimum atomic E-state index is -0.347. The summed E-state index contributed by atoms with van der Waals surface area (Å²) in [4.78, 5) is 14.6. The van der Waals surface area contributed by atoms with Crippen molar-refractivity contribution >= 4 is 56.3 Å². The lowest BCUT2D eigenvalue weighted by molar-refractivity contribution is 0.490. The summed E-state index contributed by atoms with van der Waals surface area (Å²) in [5.74, 6) is 1.23. The summed E-state index contributed by atoms with van der Waals surface area (Å²) in [6, 6.07) is 80.1. The molecule has 0 radical (unpaired) electrons. The van der Waals surface area contributed by atoms with E-state index < -0.39 is 0 Å². The molecule has 6 heteroatoms. The van der Waals surface area contributed by atoms with Gasteiger partial charge in [0.05, 0.1) is 0 Å². The van der Waals surface area contributed by atoms with Gasteiger partial charge in [0.2, 0.25) is 11.8 Å². The van der Waals surface area contributed by atoms with E-state index in [2.05, 4.69) is 221 Å². The smallest absolute Gasteiger partial charge is 0.227 e. The predicted molar refractivity (Wildman–Crippen MR) is 333 cm³/mol. The molecule has 0 fully saturated rings. The maximum absolute atomic E-state index is 6.27. The number of para-hydroxylation sites is 4. The molecule has 2 aromatic heterocycles. The molecule has 394 valence electrons. The van der Waals surface area contributed by atoms with Gasteiger partial charge in [-0.3, -0.25) is 0 Å². The van der Waals surface area contributed by atoms with Crippen LogP contribution in [0.3, 0.4) is 0 Å². The zero-order valence-electron chi connectivity index (χ0n) is 46.7. The summed E-state index contributed by atoms with van der Waals surface area (Å²) < 4.78 is 12.5. The Bertz CT molecular complexity index is 4110. The van der Waals surface area contributed by atoms with Crippen molar-refractivity contribution in [3.05, 3.63) is 252 Å². The predicted octanol–water partition coefficient (Wildman–Crippen LogP) is 20.7. The average molecular weight is 1050 g/mol. The Hall–Kier alpha value is -9.26. The average Bonchev–Trinajstić information content (AvgIpc) is 3.81. The lowest BCUT2D eigenvalue weighted by atomic mass is 9.74. The van der Waals surface area contributed by atoms with E-state index in [1.165, 1.54) is 66.8 Å². The van der Waals surface area contributed by atoms with E-state index in [4.69, 9.17) is 18.8 Å². The molecule has 12 aromatic rings. The van der Waals surface area contributed by atoms with Gasteiger partial charge in [-0.05, 0) is 214 Å². The van der Waals surface area contributed by atoms with Crippen LogP contribution in [0.5, 0.6) is 0 Å². The molecule has 3 aliphatic carbocycles. The maximum atomic E-state index is 6.27. The van der Waals surface area contributed by atoms with Crippen molar-refractivity contribution in [1.82, 2.24) is 9.97 Å². The minimum Gasteiger partial charge on any atom is -0.436 e. The van der Waals surface area contributed by atoms with Crippen LogP contribution in [0.15, 0.2) is 227 Å². The van der Waals surface area contributed by atoms with Crippen molar-refractivity contribution in [1.29, 1.82) is 0 Å². The van der Waals surface area contributed by atoms with Crippen molar-refractivity contribution < 1.29 is 8.83 Å². The molecule has 0 spiro atoms. The highest BCUT2D eigenvalue weighted by atomic mass is 16.4. The van der Waals surface area contributed by atoms with Crippen molar-refractivity contribution in [2.24, 2.45) is 0 Å². The first-order chi connectivity index (χ1) is 39.6. The first kappa shape index (κ1) is 48.8. The van der Waals surface area contributed by atoms with E-state index in [0.29, 0.717) is 11.8 Å². The third kappa shape index (κ3) is 7.25. The second kappa shape index (κ2) is 18.4. The minimum absolute atomic E-state index is 0.0781. The van der Waals surface area contributed by atoms with Crippen molar-refractivity contribution in [3.63, 3.8) is 0 Å². The second-order valence-corrected chi connectivity index (χ2v) is 23.0. The van der Waals surface area contributed by atoms with Gasteiger partial charge < -0.3 is 18.6 Å². The van der Waals surface area contributed by atoms with Gasteiger partial charge in [-0.15, -0.1) is 0 Å². The van der Waals surface area contributed by atoms with E-state index >= 15 is 0 Å². The number of aromatic nitrogens is 2. The molecule has 10 aromatic carbocycles. The fraction of sp³-hybridized carbons (Fsp3) is 0.173. The highest BCUT2D eigenvalue weighted by molar-refractivity contribution is 5.92. The van der Waals surface area contributed by atoms with Crippen LogP contribution in [-0.4, -0.2) is 9.97 Å². The van der Waals surface area contributed by atoms with Crippen LogP contribution in [0.25, 0.3) is 78.5 Å². The molecule has 0 unspecified atom stereocenters. The summed E-state index contributed by atoms with van der Waals surface area (Å²) in [6.45, 7) is 14.2. The van der Waals surface area contributed by atoms with Crippen LogP contribution in [0.4, 0.5) is 34.1 Å². The van der Waals surface area contributed by atoms with Gasteiger partial charge >= 0.3 is 0 Å². The maximum Gasteiger partial charge on any atom is 0.227 e. The van der Waals surface area contributed by atoms with E-state index in [1.54, 1.807) is 0 Å². The number of anilines is 6. The van der Waals surface area contributed by atoms with Crippen molar-refractivity contribution in [3.8, 4) is 56.3 Å². The Morgan fingerprint density at radius 2 is 0.630 bits per heavy atom. The summed E-state index contributed by atoms with van der Waals surface area (Å²) in [5, 5.41) is 0. The Balaban J connectivity index is 0.848. The number of hydrogen-bond donors (Lipinski definition) is 0. The molecule has 0 aliphatic heterocycles. The van der Waals surface area contributed by atoms with Crippen molar-refractivity contribution in [2.75, 3.05) is 9.80 Å². The van der Waals surface area contributed by atoms with Crippen LogP contribution >= 0.6 is 0 Å². The summed E-state index contributed by atoms with van der Waals surface area (Å²) in [6.07, 6.45) is 4.08. The molecule has 0 saturated heterocycles. The van der Waals surface area contributed by atoms with E-state index in [1.807, 2.05) is 48.5 Å². The van der Waals surface area contributed by atoms with E-state index in [0.717, 1.165) is 93.1 Å². The number of nitrogens with zero attached hydrogens (tertiary/aromatic N) is 4. The van der Waals surface area contributed by atoms with Crippen LogP contribution in [0, 0.1) is 0 Å². The monoisotopic (exact) mass is 1050 g/mol. The second-order valence-electron chi connectivity index (χ2n) is 23.0. The topological polar surface area (TPSA) is 58.5 Å². The molecule has 0 bridgehead atoms. The fourth-order valence-electron chi connectivity index (χ4n) is 14.6. The molecule has 0 N–H and O–H groups in total. The van der Waals surface area contributed by atoms with E-state index in [-0.39, 0.29) is 16.2 Å². The number of hydrogen-bond acceptors (Lipinski definition) is 6. The number of benzene rings is 10. The molecule has 6 nitrogen and oxygen atoms in total. The number of fused-ring (bicyclic) bond motifs is 11. The van der Waals surface area contributed by atoms with Gasteiger partial charge in [-0.2, -0.15) is 0 Å². The third-order valence-corrected chi connectivity index (χ3v) is 18.9. The van der Waals surface area contributed by atoms with Crippen LogP contribution < -0.4 is 9.80 Å². The molecule has 3 aliphatic rings. The SMILES string of the molecule is CCC1(CC)c2ccccc2-c2ccc(N(c3ccc(-c4nc5ccccc5o4)cc3)c3ccc4c(c3)C(C)(C)c3cc(N(c5ccc(-c6nc7ccccc7o6)cc5)c5ccc6c(c5)C(CC)(CC)c5ccccc5-6)ccc3-4)cc21. The van der Waals surface area contributed by atoms with Crippen LogP contribution in [0.1, 0.15) is 101 Å². The summed E-state index contributed by atoms with van der Waals surface area (Å²) in [5.41, 5.74) is 27.4. The highest BCUT2D eigenvalue weighted by Gasteiger charge is 2.43. The molecule has 81 heavy (non-hydrogen) atoms.